The lowest BCUT2D eigenvalue weighted by molar-refractivity contribution is -0.123. The molecule has 0 bridgehead atoms. The minimum Gasteiger partial charge on any atom is -0.483 e. The fourth-order valence-corrected chi connectivity index (χ4v) is 3.68. The van der Waals surface area contributed by atoms with E-state index in [9.17, 15) is 9.59 Å². The number of fused-ring (bicyclic) bond motifs is 3. The summed E-state index contributed by atoms with van der Waals surface area (Å²) in [7, 11) is 0. The Balaban J connectivity index is 1.56. The predicted octanol–water partition coefficient (Wildman–Crippen LogP) is 3.07. The van der Waals surface area contributed by atoms with Crippen LogP contribution in [0.15, 0.2) is 45.9 Å². The molecular weight excluding hydrogens is 356 g/mol. The van der Waals surface area contributed by atoms with E-state index in [1.165, 1.54) is 0 Å². The number of hydrogen-bond donors (Lipinski definition) is 1. The van der Waals surface area contributed by atoms with Crippen LogP contribution in [0, 0.1) is 6.92 Å². The lowest BCUT2D eigenvalue weighted by atomic mass is 9.90. The summed E-state index contributed by atoms with van der Waals surface area (Å²) in [5.74, 6) is 0.373. The standard InChI is InChI=1S/C22H22N2O4/c1-14-9-18(27-13-20(25)24-12-15-5-4-8-23-11-15)21-16-6-2-3-7-17(16)22(26)28-19(21)10-14/h4-5,8-11H,2-3,6-7,12-13H2,1H3,(H,24,25). The van der Waals surface area contributed by atoms with Crippen LogP contribution in [0.4, 0.5) is 0 Å². The van der Waals surface area contributed by atoms with E-state index in [1.807, 2.05) is 31.2 Å². The fourth-order valence-electron chi connectivity index (χ4n) is 3.68. The molecule has 1 N–H and O–H groups in total. The van der Waals surface area contributed by atoms with Gasteiger partial charge >= 0.3 is 5.63 Å². The van der Waals surface area contributed by atoms with Crippen molar-refractivity contribution in [1.29, 1.82) is 0 Å². The molecule has 0 saturated heterocycles. The van der Waals surface area contributed by atoms with E-state index in [2.05, 4.69) is 10.3 Å². The SMILES string of the molecule is Cc1cc(OCC(=O)NCc2cccnc2)c2c3c(c(=O)oc2c1)CCCC3. The predicted molar refractivity (Wildman–Crippen MR) is 105 cm³/mol. The Kier molecular flexibility index (Phi) is 5.10. The fraction of sp³-hybridized carbons (Fsp3) is 0.318. The molecule has 0 atom stereocenters. The van der Waals surface area contributed by atoms with Gasteiger partial charge in [-0.15, -0.1) is 0 Å². The lowest BCUT2D eigenvalue weighted by Crippen LogP contribution is -2.28. The highest BCUT2D eigenvalue weighted by Crippen LogP contribution is 2.34. The average Bonchev–Trinajstić information content (AvgIpc) is 2.71. The number of benzene rings is 1. The Labute approximate surface area is 162 Å². The summed E-state index contributed by atoms with van der Waals surface area (Å²) in [5.41, 5.74) is 3.85. The van der Waals surface area contributed by atoms with Crippen LogP contribution in [0.2, 0.25) is 0 Å². The van der Waals surface area contributed by atoms with Crippen molar-refractivity contribution in [2.75, 3.05) is 6.61 Å². The highest BCUT2D eigenvalue weighted by molar-refractivity contribution is 5.89. The van der Waals surface area contributed by atoms with E-state index < -0.39 is 0 Å². The quantitative estimate of drug-likeness (QED) is 0.690. The van der Waals surface area contributed by atoms with Gasteiger partial charge in [-0.2, -0.15) is 0 Å². The van der Waals surface area contributed by atoms with Crippen LogP contribution >= 0.6 is 0 Å². The molecule has 28 heavy (non-hydrogen) atoms. The summed E-state index contributed by atoms with van der Waals surface area (Å²) in [5, 5.41) is 3.65. The second-order valence-corrected chi connectivity index (χ2v) is 7.12. The van der Waals surface area contributed by atoms with Gasteiger partial charge in [0.25, 0.3) is 5.91 Å². The van der Waals surface area contributed by atoms with Gasteiger partial charge in [0.15, 0.2) is 6.61 Å². The Hall–Kier alpha value is -3.15. The molecule has 1 aliphatic rings. The number of ether oxygens (including phenoxy) is 1. The maximum absolute atomic E-state index is 12.3. The molecule has 0 radical (unpaired) electrons. The molecule has 1 aliphatic carbocycles. The van der Waals surface area contributed by atoms with Crippen LogP contribution in [0.1, 0.15) is 35.1 Å². The third kappa shape index (κ3) is 3.76. The van der Waals surface area contributed by atoms with E-state index in [0.717, 1.165) is 53.3 Å². The van der Waals surface area contributed by atoms with Gasteiger partial charge in [-0.05, 0) is 67.5 Å². The van der Waals surface area contributed by atoms with Crippen molar-refractivity contribution < 1.29 is 13.9 Å². The first-order valence-electron chi connectivity index (χ1n) is 9.49. The molecule has 3 aromatic rings. The number of aryl methyl sites for hydroxylation is 2. The molecule has 1 amide bonds. The Morgan fingerprint density at radius 1 is 1.25 bits per heavy atom. The maximum Gasteiger partial charge on any atom is 0.339 e. The minimum atomic E-state index is -0.257. The number of carbonyl (C=O) groups excluding carboxylic acids is 1. The minimum absolute atomic E-state index is 0.104. The second kappa shape index (κ2) is 7.84. The van der Waals surface area contributed by atoms with Gasteiger partial charge in [0.1, 0.15) is 11.3 Å². The van der Waals surface area contributed by atoms with Crippen LogP contribution in [-0.2, 0) is 24.2 Å². The summed E-state index contributed by atoms with van der Waals surface area (Å²) in [6.45, 7) is 2.20. The lowest BCUT2D eigenvalue weighted by Gasteiger charge is -2.18. The first kappa shape index (κ1) is 18.2. The highest BCUT2D eigenvalue weighted by Gasteiger charge is 2.21. The Bertz CT molecular complexity index is 1070. The molecule has 0 unspecified atom stereocenters. The Morgan fingerprint density at radius 3 is 2.86 bits per heavy atom. The number of aromatic nitrogens is 1. The number of pyridine rings is 1. The summed E-state index contributed by atoms with van der Waals surface area (Å²) in [4.78, 5) is 28.6. The van der Waals surface area contributed by atoms with Crippen molar-refractivity contribution in [2.45, 2.75) is 39.2 Å². The van der Waals surface area contributed by atoms with Crippen molar-refractivity contribution in [3.05, 3.63) is 69.3 Å². The molecule has 6 heteroatoms. The molecule has 144 valence electrons. The number of nitrogens with zero attached hydrogens (tertiary/aromatic N) is 1. The van der Waals surface area contributed by atoms with E-state index in [4.69, 9.17) is 9.15 Å². The summed E-state index contributed by atoms with van der Waals surface area (Å²) >= 11 is 0. The largest absolute Gasteiger partial charge is 0.483 e. The van der Waals surface area contributed by atoms with Gasteiger partial charge in [0.2, 0.25) is 0 Å². The van der Waals surface area contributed by atoms with Crippen LogP contribution in [-0.4, -0.2) is 17.5 Å². The molecule has 2 heterocycles. The smallest absolute Gasteiger partial charge is 0.339 e. The number of rotatable bonds is 5. The zero-order chi connectivity index (χ0) is 19.5. The summed E-state index contributed by atoms with van der Waals surface area (Å²) in [6.07, 6.45) is 6.98. The van der Waals surface area contributed by atoms with E-state index in [-0.39, 0.29) is 18.1 Å². The second-order valence-electron chi connectivity index (χ2n) is 7.12. The van der Waals surface area contributed by atoms with Crippen molar-refractivity contribution >= 4 is 16.9 Å². The summed E-state index contributed by atoms with van der Waals surface area (Å²) in [6, 6.07) is 7.47. The monoisotopic (exact) mass is 378 g/mol. The van der Waals surface area contributed by atoms with Crippen molar-refractivity contribution in [1.82, 2.24) is 10.3 Å². The number of carbonyl (C=O) groups is 1. The van der Waals surface area contributed by atoms with Crippen LogP contribution in [0.3, 0.4) is 0 Å². The maximum atomic E-state index is 12.3. The van der Waals surface area contributed by atoms with Gasteiger partial charge in [0, 0.05) is 24.5 Å². The normalized spacial score (nSPS) is 13.2. The third-order valence-electron chi connectivity index (χ3n) is 5.00. The van der Waals surface area contributed by atoms with Crippen LogP contribution in [0.25, 0.3) is 11.0 Å². The average molecular weight is 378 g/mol. The molecule has 2 aromatic heterocycles. The third-order valence-corrected chi connectivity index (χ3v) is 5.00. The number of amides is 1. The Morgan fingerprint density at radius 2 is 2.07 bits per heavy atom. The van der Waals surface area contributed by atoms with Gasteiger partial charge in [-0.1, -0.05) is 6.07 Å². The summed E-state index contributed by atoms with van der Waals surface area (Å²) < 4.78 is 11.4. The van der Waals surface area contributed by atoms with Crippen LogP contribution < -0.4 is 15.7 Å². The van der Waals surface area contributed by atoms with Gasteiger partial charge < -0.3 is 14.5 Å². The molecule has 0 spiro atoms. The number of nitrogens with one attached hydrogen (secondary N) is 1. The van der Waals surface area contributed by atoms with Crippen molar-refractivity contribution in [3.63, 3.8) is 0 Å². The zero-order valence-electron chi connectivity index (χ0n) is 15.8. The van der Waals surface area contributed by atoms with Gasteiger partial charge in [0.05, 0.1) is 5.39 Å². The molecule has 0 fully saturated rings. The van der Waals surface area contributed by atoms with Crippen LogP contribution in [0.5, 0.6) is 5.75 Å². The van der Waals surface area contributed by atoms with Crippen molar-refractivity contribution in [2.24, 2.45) is 0 Å². The topological polar surface area (TPSA) is 81.4 Å². The van der Waals surface area contributed by atoms with E-state index in [0.29, 0.717) is 17.9 Å². The molecule has 0 aliphatic heterocycles. The highest BCUT2D eigenvalue weighted by atomic mass is 16.5. The van der Waals surface area contributed by atoms with Crippen molar-refractivity contribution in [3.8, 4) is 5.75 Å². The first-order chi connectivity index (χ1) is 13.6. The molecule has 6 nitrogen and oxygen atoms in total. The first-order valence-corrected chi connectivity index (χ1v) is 9.49. The zero-order valence-corrected chi connectivity index (χ0v) is 15.8. The molecular formula is C22H22N2O4. The van der Waals surface area contributed by atoms with E-state index >= 15 is 0 Å². The van der Waals surface area contributed by atoms with Gasteiger partial charge in [-0.25, -0.2) is 4.79 Å². The molecule has 4 rings (SSSR count). The van der Waals surface area contributed by atoms with E-state index in [1.54, 1.807) is 12.4 Å². The number of hydrogen-bond acceptors (Lipinski definition) is 5. The van der Waals surface area contributed by atoms with Gasteiger partial charge in [-0.3, -0.25) is 9.78 Å². The molecule has 1 aromatic carbocycles. The molecule has 0 saturated carbocycles.